The summed E-state index contributed by atoms with van der Waals surface area (Å²) in [6.07, 6.45) is -4.51. The number of nitrogens with zero attached hydrogens (tertiary/aromatic N) is 1. The van der Waals surface area contributed by atoms with E-state index in [9.17, 15) is 18.0 Å². The van der Waals surface area contributed by atoms with Crippen molar-refractivity contribution in [2.45, 2.75) is 18.5 Å². The van der Waals surface area contributed by atoms with Gasteiger partial charge in [0.2, 0.25) is 5.91 Å². The molecule has 0 radical (unpaired) electrons. The fraction of sp³-hybridized carbons (Fsp3) is 0.429. The standard InChI is InChI=1S/C7H5ClF3IN2OS/c1-2(8)5(15)14-6-13-3(4(12)16-6)7(9,10)11/h2H,1H3,(H,13,14,15). The van der Waals surface area contributed by atoms with Gasteiger partial charge in [-0.1, -0.05) is 11.3 Å². The molecule has 16 heavy (non-hydrogen) atoms. The smallest absolute Gasteiger partial charge is 0.301 e. The number of thiazole rings is 1. The molecule has 0 spiro atoms. The predicted octanol–water partition coefficient (Wildman–Crippen LogP) is 3.33. The van der Waals surface area contributed by atoms with Crippen LogP contribution in [0.25, 0.3) is 0 Å². The second-order valence-corrected chi connectivity index (χ2v) is 6.21. The van der Waals surface area contributed by atoms with E-state index >= 15 is 0 Å². The molecule has 1 heterocycles. The number of rotatable bonds is 2. The van der Waals surface area contributed by atoms with Crippen LogP contribution in [0.4, 0.5) is 18.3 Å². The highest BCUT2D eigenvalue weighted by Gasteiger charge is 2.37. The van der Waals surface area contributed by atoms with Crippen LogP contribution in [-0.4, -0.2) is 16.3 Å². The fourth-order valence-corrected chi connectivity index (χ4v) is 2.56. The third-order valence-corrected chi connectivity index (χ3v) is 3.57. The minimum atomic E-state index is -4.51. The maximum Gasteiger partial charge on any atom is 0.435 e. The summed E-state index contributed by atoms with van der Waals surface area (Å²) >= 11 is 7.73. The molecular formula is C7H5ClF3IN2OS. The second-order valence-electron chi connectivity index (χ2n) is 2.74. The highest BCUT2D eigenvalue weighted by molar-refractivity contribution is 14.1. The lowest BCUT2D eigenvalue weighted by atomic mass is 10.4. The molecule has 0 fully saturated rings. The summed E-state index contributed by atoms with van der Waals surface area (Å²) in [6, 6.07) is 0. The number of hydrogen-bond acceptors (Lipinski definition) is 3. The Hall–Kier alpha value is -0.0900. The number of anilines is 1. The number of amides is 1. The summed E-state index contributed by atoms with van der Waals surface area (Å²) in [5.74, 6) is -0.583. The number of nitrogens with one attached hydrogen (secondary N) is 1. The van der Waals surface area contributed by atoms with Gasteiger partial charge in [0.05, 0.1) is 2.88 Å². The molecule has 1 atom stereocenters. The lowest BCUT2D eigenvalue weighted by Gasteiger charge is -2.03. The van der Waals surface area contributed by atoms with Crippen LogP contribution in [0.5, 0.6) is 0 Å². The minimum Gasteiger partial charge on any atom is -0.301 e. The molecule has 1 rings (SSSR count). The van der Waals surface area contributed by atoms with Crippen molar-refractivity contribution in [3.05, 3.63) is 8.58 Å². The van der Waals surface area contributed by atoms with Gasteiger partial charge in [-0.25, -0.2) is 4.98 Å². The van der Waals surface area contributed by atoms with Crippen LogP contribution in [0, 0.1) is 2.88 Å². The number of carbonyl (C=O) groups excluding carboxylic acids is 1. The third kappa shape index (κ3) is 3.45. The minimum absolute atomic E-state index is 0.0253. The number of hydrogen-bond donors (Lipinski definition) is 1. The Kier molecular flexibility index (Phi) is 4.41. The van der Waals surface area contributed by atoms with Gasteiger partial charge < -0.3 is 5.32 Å². The Morgan fingerprint density at radius 3 is 2.56 bits per heavy atom. The molecule has 1 N–H and O–H groups in total. The van der Waals surface area contributed by atoms with Crippen LogP contribution in [0.1, 0.15) is 12.6 Å². The zero-order valence-electron chi connectivity index (χ0n) is 7.73. The van der Waals surface area contributed by atoms with E-state index in [-0.39, 0.29) is 8.02 Å². The first-order valence-electron chi connectivity index (χ1n) is 3.90. The molecule has 1 unspecified atom stereocenters. The monoisotopic (exact) mass is 384 g/mol. The molecular weight excluding hydrogens is 380 g/mol. The van der Waals surface area contributed by atoms with Crippen molar-refractivity contribution >= 4 is 56.6 Å². The number of halogens is 5. The van der Waals surface area contributed by atoms with Gasteiger partial charge in [-0.3, -0.25) is 4.79 Å². The summed E-state index contributed by atoms with van der Waals surface area (Å²) in [7, 11) is 0. The van der Waals surface area contributed by atoms with E-state index in [1.807, 2.05) is 0 Å². The lowest BCUT2D eigenvalue weighted by Crippen LogP contribution is -2.20. The Labute approximate surface area is 112 Å². The zero-order chi connectivity index (χ0) is 12.5. The van der Waals surface area contributed by atoms with Crippen LogP contribution in [-0.2, 0) is 11.0 Å². The highest BCUT2D eigenvalue weighted by atomic mass is 127. The molecule has 1 amide bonds. The summed E-state index contributed by atoms with van der Waals surface area (Å²) in [4.78, 5) is 14.4. The van der Waals surface area contributed by atoms with Crippen molar-refractivity contribution in [3.8, 4) is 0 Å². The van der Waals surface area contributed by atoms with Crippen LogP contribution in [0.3, 0.4) is 0 Å². The Morgan fingerprint density at radius 2 is 2.19 bits per heavy atom. The number of carbonyl (C=O) groups is 1. The van der Waals surface area contributed by atoms with Crippen molar-refractivity contribution in [1.29, 1.82) is 0 Å². The van der Waals surface area contributed by atoms with Crippen molar-refractivity contribution < 1.29 is 18.0 Å². The Bertz CT molecular complexity index is 407. The van der Waals surface area contributed by atoms with Crippen LogP contribution >= 0.6 is 45.5 Å². The highest BCUT2D eigenvalue weighted by Crippen LogP contribution is 2.36. The fourth-order valence-electron chi connectivity index (χ4n) is 0.735. The largest absolute Gasteiger partial charge is 0.435 e. The van der Waals surface area contributed by atoms with Gasteiger partial charge in [0, 0.05) is 0 Å². The van der Waals surface area contributed by atoms with Gasteiger partial charge in [0.15, 0.2) is 10.8 Å². The molecule has 0 saturated carbocycles. The molecule has 1 aromatic rings. The van der Waals surface area contributed by atoms with Gasteiger partial charge in [-0.05, 0) is 29.5 Å². The van der Waals surface area contributed by atoms with Gasteiger partial charge in [-0.2, -0.15) is 13.2 Å². The normalized spacial score (nSPS) is 13.6. The molecule has 9 heteroatoms. The average Bonchev–Trinajstić information content (AvgIpc) is 2.45. The molecule has 0 saturated heterocycles. The third-order valence-electron chi connectivity index (χ3n) is 1.45. The van der Waals surface area contributed by atoms with Crippen LogP contribution in [0.2, 0.25) is 0 Å². The molecule has 0 aliphatic carbocycles. The van der Waals surface area contributed by atoms with Crippen LogP contribution in [0.15, 0.2) is 0 Å². The van der Waals surface area contributed by atoms with Crippen LogP contribution < -0.4 is 5.32 Å². The van der Waals surface area contributed by atoms with Gasteiger partial charge in [0.25, 0.3) is 0 Å². The van der Waals surface area contributed by atoms with E-state index in [1.165, 1.54) is 29.5 Å². The molecule has 0 bridgehead atoms. The van der Waals surface area contributed by atoms with Crippen molar-refractivity contribution in [3.63, 3.8) is 0 Å². The van der Waals surface area contributed by atoms with Gasteiger partial charge in [0.1, 0.15) is 5.38 Å². The molecule has 90 valence electrons. The zero-order valence-corrected chi connectivity index (χ0v) is 11.5. The van der Waals surface area contributed by atoms with E-state index in [1.54, 1.807) is 0 Å². The van der Waals surface area contributed by atoms with Crippen molar-refractivity contribution in [1.82, 2.24) is 4.98 Å². The van der Waals surface area contributed by atoms with Gasteiger partial charge >= 0.3 is 6.18 Å². The van der Waals surface area contributed by atoms with E-state index in [0.29, 0.717) is 0 Å². The molecule has 0 aliphatic heterocycles. The quantitative estimate of drug-likeness (QED) is 0.628. The van der Waals surface area contributed by atoms with Crippen molar-refractivity contribution in [2.75, 3.05) is 5.32 Å². The second kappa shape index (κ2) is 5.05. The Balaban J connectivity index is 2.90. The summed E-state index contributed by atoms with van der Waals surface area (Å²) in [5.41, 5.74) is -0.990. The average molecular weight is 385 g/mol. The maximum atomic E-state index is 12.4. The Morgan fingerprint density at radius 1 is 1.62 bits per heavy atom. The number of alkyl halides is 4. The van der Waals surface area contributed by atoms with E-state index in [0.717, 1.165) is 11.3 Å². The van der Waals surface area contributed by atoms with E-state index < -0.39 is 23.2 Å². The molecule has 0 aliphatic rings. The first-order valence-corrected chi connectivity index (χ1v) is 6.23. The maximum absolute atomic E-state index is 12.4. The summed E-state index contributed by atoms with van der Waals surface area (Å²) in [5, 5.41) is 1.28. The lowest BCUT2D eigenvalue weighted by molar-refractivity contribution is -0.141. The summed E-state index contributed by atoms with van der Waals surface area (Å²) < 4.78 is 37.1. The molecule has 0 aromatic carbocycles. The SMILES string of the molecule is CC(Cl)C(=O)Nc1nc(C(F)(F)F)c(I)s1. The van der Waals surface area contributed by atoms with Gasteiger partial charge in [-0.15, -0.1) is 11.6 Å². The van der Waals surface area contributed by atoms with E-state index in [2.05, 4.69) is 10.3 Å². The summed E-state index contributed by atoms with van der Waals surface area (Å²) in [6.45, 7) is 1.42. The topological polar surface area (TPSA) is 42.0 Å². The van der Waals surface area contributed by atoms with Crippen molar-refractivity contribution in [2.24, 2.45) is 0 Å². The first-order chi connectivity index (χ1) is 7.21. The molecule has 1 aromatic heterocycles. The first kappa shape index (κ1) is 14.0. The van der Waals surface area contributed by atoms with E-state index in [4.69, 9.17) is 11.6 Å². The number of aromatic nitrogens is 1. The molecule has 3 nitrogen and oxygen atoms in total. The predicted molar refractivity (Wildman–Crippen MR) is 63.8 cm³/mol.